The average molecular weight is 477 g/mol. The van der Waals surface area contributed by atoms with Crippen molar-refractivity contribution in [2.24, 2.45) is 11.8 Å². The van der Waals surface area contributed by atoms with Gasteiger partial charge in [0.25, 0.3) is 0 Å². The smallest absolute Gasteiger partial charge is 0.407 e. The van der Waals surface area contributed by atoms with Crippen molar-refractivity contribution in [3.05, 3.63) is 59.7 Å². The van der Waals surface area contributed by atoms with Crippen LogP contribution in [0.25, 0.3) is 11.1 Å². The van der Waals surface area contributed by atoms with Crippen LogP contribution in [-0.2, 0) is 14.3 Å². The molecule has 2 N–H and O–H groups in total. The summed E-state index contributed by atoms with van der Waals surface area (Å²) in [6.07, 6.45) is 2.42. The highest BCUT2D eigenvalue weighted by molar-refractivity contribution is 5.80. The van der Waals surface area contributed by atoms with E-state index in [4.69, 9.17) is 9.84 Å². The molecular formula is C28H32N2O5. The summed E-state index contributed by atoms with van der Waals surface area (Å²) >= 11 is 0. The van der Waals surface area contributed by atoms with E-state index < -0.39 is 17.6 Å². The maximum atomic E-state index is 13.0. The Labute approximate surface area is 205 Å². The third-order valence-corrected chi connectivity index (χ3v) is 7.83. The van der Waals surface area contributed by atoms with Crippen LogP contribution in [0.3, 0.4) is 0 Å². The van der Waals surface area contributed by atoms with Crippen LogP contribution in [-0.4, -0.2) is 53.2 Å². The van der Waals surface area contributed by atoms with Gasteiger partial charge in [0.05, 0.1) is 12.0 Å². The zero-order chi connectivity index (χ0) is 24.6. The van der Waals surface area contributed by atoms with Crippen LogP contribution in [0.4, 0.5) is 4.79 Å². The predicted octanol–water partition coefficient (Wildman–Crippen LogP) is 4.41. The number of likely N-dealkylation sites (tertiary alicyclic amines) is 1. The van der Waals surface area contributed by atoms with Gasteiger partial charge in [-0.3, -0.25) is 9.59 Å². The fourth-order valence-corrected chi connectivity index (χ4v) is 5.78. The lowest BCUT2D eigenvalue weighted by atomic mass is 9.91. The maximum absolute atomic E-state index is 13.0. The Balaban J connectivity index is 1.21. The molecule has 1 saturated carbocycles. The van der Waals surface area contributed by atoms with Crippen molar-refractivity contribution in [3.8, 4) is 11.1 Å². The number of carboxylic acids is 1. The molecule has 2 atom stereocenters. The van der Waals surface area contributed by atoms with Crippen molar-refractivity contribution in [3.63, 3.8) is 0 Å². The number of amides is 2. The number of rotatable bonds is 8. The van der Waals surface area contributed by atoms with Crippen LogP contribution in [0.1, 0.15) is 56.1 Å². The van der Waals surface area contributed by atoms with Crippen LogP contribution < -0.4 is 5.32 Å². The molecule has 2 aromatic rings. The number of benzene rings is 2. The van der Waals surface area contributed by atoms with Gasteiger partial charge in [-0.2, -0.15) is 0 Å². The Hall–Kier alpha value is -3.35. The minimum absolute atomic E-state index is 0.00118. The minimum Gasteiger partial charge on any atom is -0.481 e. The van der Waals surface area contributed by atoms with E-state index in [0.717, 1.165) is 24.0 Å². The van der Waals surface area contributed by atoms with E-state index in [1.165, 1.54) is 11.1 Å². The Morgan fingerprint density at radius 2 is 1.66 bits per heavy atom. The van der Waals surface area contributed by atoms with E-state index in [9.17, 15) is 14.4 Å². The van der Waals surface area contributed by atoms with Crippen LogP contribution in [0.15, 0.2) is 48.5 Å². The molecule has 35 heavy (non-hydrogen) atoms. The van der Waals surface area contributed by atoms with Crippen LogP contribution in [0, 0.1) is 11.8 Å². The van der Waals surface area contributed by atoms with Gasteiger partial charge in [-0.05, 0) is 60.3 Å². The second-order valence-corrected chi connectivity index (χ2v) is 10.4. The molecule has 2 fully saturated rings. The Kier molecular flexibility index (Phi) is 6.26. The van der Waals surface area contributed by atoms with E-state index in [2.05, 4.69) is 29.6 Å². The number of aliphatic carboxylic acids is 1. The topological polar surface area (TPSA) is 95.9 Å². The molecule has 2 amide bonds. The van der Waals surface area contributed by atoms with Gasteiger partial charge in [0.2, 0.25) is 5.91 Å². The van der Waals surface area contributed by atoms with Crippen LogP contribution in [0.2, 0.25) is 0 Å². The number of nitrogens with one attached hydrogen (secondary N) is 1. The summed E-state index contributed by atoms with van der Waals surface area (Å²) in [4.78, 5) is 38.7. The fraction of sp³-hybridized carbons (Fsp3) is 0.464. The van der Waals surface area contributed by atoms with Crippen molar-refractivity contribution < 1.29 is 24.2 Å². The zero-order valence-corrected chi connectivity index (χ0v) is 20.0. The number of carbonyl (C=O) groups is 3. The molecule has 7 heteroatoms. The monoisotopic (exact) mass is 476 g/mol. The summed E-state index contributed by atoms with van der Waals surface area (Å²) in [7, 11) is 0. The Morgan fingerprint density at radius 3 is 2.26 bits per heavy atom. The zero-order valence-electron chi connectivity index (χ0n) is 20.0. The van der Waals surface area contributed by atoms with Gasteiger partial charge in [0, 0.05) is 25.4 Å². The Morgan fingerprint density at radius 1 is 1.03 bits per heavy atom. The molecule has 1 heterocycles. The van der Waals surface area contributed by atoms with E-state index >= 15 is 0 Å². The molecule has 7 nitrogen and oxygen atoms in total. The van der Waals surface area contributed by atoms with Gasteiger partial charge in [0.15, 0.2) is 0 Å². The quantitative estimate of drug-likeness (QED) is 0.589. The van der Waals surface area contributed by atoms with Crippen molar-refractivity contribution in [2.75, 3.05) is 19.7 Å². The lowest BCUT2D eigenvalue weighted by molar-refractivity contribution is -0.138. The predicted molar refractivity (Wildman–Crippen MR) is 131 cm³/mol. The molecule has 0 radical (unpaired) electrons. The third kappa shape index (κ3) is 4.90. The summed E-state index contributed by atoms with van der Waals surface area (Å²) in [5.74, 6) is -0.643. The summed E-state index contributed by atoms with van der Waals surface area (Å²) < 4.78 is 5.74. The van der Waals surface area contributed by atoms with Crippen molar-refractivity contribution in [2.45, 2.75) is 50.5 Å². The average Bonchev–Trinajstić information content (AvgIpc) is 3.52. The van der Waals surface area contributed by atoms with Gasteiger partial charge in [-0.15, -0.1) is 0 Å². The van der Waals surface area contributed by atoms with Gasteiger partial charge in [-0.1, -0.05) is 48.5 Å². The van der Waals surface area contributed by atoms with Crippen molar-refractivity contribution >= 4 is 18.0 Å². The molecular weight excluding hydrogens is 444 g/mol. The second kappa shape index (κ2) is 9.36. The molecule has 2 aliphatic carbocycles. The molecule has 0 bridgehead atoms. The van der Waals surface area contributed by atoms with Gasteiger partial charge in [0.1, 0.15) is 6.61 Å². The van der Waals surface area contributed by atoms with Crippen LogP contribution in [0.5, 0.6) is 0 Å². The van der Waals surface area contributed by atoms with Crippen molar-refractivity contribution in [1.29, 1.82) is 0 Å². The lowest BCUT2D eigenvalue weighted by Gasteiger charge is -2.32. The molecule has 5 rings (SSSR count). The van der Waals surface area contributed by atoms with Gasteiger partial charge in [-0.25, -0.2) is 4.79 Å². The van der Waals surface area contributed by atoms with E-state index in [-0.39, 0.29) is 43.1 Å². The number of hydrogen-bond donors (Lipinski definition) is 2. The molecule has 0 spiro atoms. The van der Waals surface area contributed by atoms with E-state index in [1.807, 2.05) is 31.2 Å². The molecule has 2 unspecified atom stereocenters. The van der Waals surface area contributed by atoms with E-state index in [1.54, 1.807) is 4.90 Å². The lowest BCUT2D eigenvalue weighted by Crippen LogP contribution is -2.51. The summed E-state index contributed by atoms with van der Waals surface area (Å²) in [5, 5.41) is 12.1. The summed E-state index contributed by atoms with van der Waals surface area (Å²) in [5.41, 5.74) is 4.00. The van der Waals surface area contributed by atoms with Crippen LogP contribution >= 0.6 is 0 Å². The number of carbonyl (C=O) groups excluding carboxylic acids is 2. The van der Waals surface area contributed by atoms with Crippen molar-refractivity contribution in [1.82, 2.24) is 10.2 Å². The second-order valence-electron chi connectivity index (χ2n) is 10.4. The van der Waals surface area contributed by atoms with Gasteiger partial charge < -0.3 is 20.1 Å². The number of alkyl carbamates (subject to hydrolysis) is 1. The summed E-state index contributed by atoms with van der Waals surface area (Å²) in [6, 6.07) is 16.4. The third-order valence-electron chi connectivity index (χ3n) is 7.83. The number of nitrogens with zero attached hydrogens (tertiary/aromatic N) is 1. The highest BCUT2D eigenvalue weighted by atomic mass is 16.5. The molecule has 3 aliphatic rings. The molecule has 2 aromatic carbocycles. The molecule has 0 aromatic heterocycles. The normalized spacial score (nSPS) is 20.6. The number of fused-ring (bicyclic) bond motifs is 3. The molecule has 184 valence electrons. The first-order valence-corrected chi connectivity index (χ1v) is 12.5. The first-order chi connectivity index (χ1) is 16.8. The highest BCUT2D eigenvalue weighted by Gasteiger charge is 2.45. The summed E-state index contributed by atoms with van der Waals surface area (Å²) in [6.45, 7) is 3.20. The Bertz CT molecular complexity index is 1100. The molecule has 1 aliphatic heterocycles. The first-order valence-electron chi connectivity index (χ1n) is 12.5. The standard InChI is InChI=1S/C28H32N2O5/c1-28(19-10-11-19,15-25(31)30-13-12-18(16-30)14-26(32)33)29-27(34)35-17-24-22-8-4-2-6-20(22)21-7-3-5-9-23(21)24/h2-9,18-19,24H,10-17H2,1H3,(H,29,34)(H,32,33). The SMILES string of the molecule is CC(CC(=O)N1CCC(CC(=O)O)C1)(NC(=O)OCC1c2ccccc2-c2ccccc21)C1CC1. The van der Waals surface area contributed by atoms with E-state index in [0.29, 0.717) is 19.5 Å². The highest BCUT2D eigenvalue weighted by Crippen LogP contribution is 2.45. The minimum atomic E-state index is -0.830. The van der Waals surface area contributed by atoms with Gasteiger partial charge >= 0.3 is 12.1 Å². The maximum Gasteiger partial charge on any atom is 0.407 e. The molecule has 1 saturated heterocycles. The number of hydrogen-bond acceptors (Lipinski definition) is 4. The number of carboxylic acid groups (broad SMARTS) is 1. The first kappa shape index (κ1) is 23.4. The number of ether oxygens (including phenoxy) is 1. The fourth-order valence-electron chi connectivity index (χ4n) is 5.78. The largest absolute Gasteiger partial charge is 0.481 e.